The highest BCUT2D eigenvalue weighted by Gasteiger charge is 2.60. The Hall–Kier alpha value is -3.98. The van der Waals surface area contributed by atoms with E-state index in [0.29, 0.717) is 20.8 Å². The Morgan fingerprint density at radius 1 is 1.18 bits per heavy atom. The Kier molecular flexibility index (Phi) is 7.04. The number of ketones is 1. The number of carbonyl (C=O) groups is 1. The molecular formula is C24H19ClF5N7O3. The molecule has 40 heavy (non-hydrogen) atoms. The highest BCUT2D eigenvalue weighted by atomic mass is 35.5. The molecule has 0 bridgehead atoms. The van der Waals surface area contributed by atoms with E-state index in [4.69, 9.17) is 11.6 Å². The molecule has 210 valence electrons. The zero-order valence-corrected chi connectivity index (χ0v) is 21.0. The minimum atomic E-state index is -4.97. The van der Waals surface area contributed by atoms with E-state index in [0.717, 1.165) is 4.68 Å². The lowest BCUT2D eigenvalue weighted by atomic mass is 10.1. The topological polar surface area (TPSA) is 121 Å². The zero-order valence-electron chi connectivity index (χ0n) is 20.3. The van der Waals surface area contributed by atoms with Gasteiger partial charge in [0.1, 0.15) is 18.7 Å². The van der Waals surface area contributed by atoms with Crippen LogP contribution in [0.5, 0.6) is 0 Å². The van der Waals surface area contributed by atoms with Gasteiger partial charge >= 0.3 is 11.9 Å². The number of aliphatic hydroxyl groups excluding tert-OH is 1. The van der Waals surface area contributed by atoms with Gasteiger partial charge in [-0.3, -0.25) is 14.3 Å². The summed E-state index contributed by atoms with van der Waals surface area (Å²) < 4.78 is 68.7. The van der Waals surface area contributed by atoms with Crippen molar-refractivity contribution < 1.29 is 31.9 Å². The van der Waals surface area contributed by atoms with E-state index in [1.807, 2.05) is 0 Å². The van der Waals surface area contributed by atoms with Crippen LogP contribution in [0.3, 0.4) is 0 Å². The first-order valence-electron chi connectivity index (χ1n) is 11.8. The smallest absolute Gasteiger partial charge is 0.382 e. The molecule has 0 spiro atoms. The molecule has 1 saturated carbocycles. The minimum absolute atomic E-state index is 0.0284. The maximum absolute atomic E-state index is 13.3. The molecule has 10 nitrogen and oxygen atoms in total. The van der Waals surface area contributed by atoms with Gasteiger partial charge in [0.15, 0.2) is 17.8 Å². The fourth-order valence-corrected chi connectivity index (χ4v) is 4.19. The van der Waals surface area contributed by atoms with Gasteiger partial charge in [0.25, 0.3) is 5.92 Å². The summed E-state index contributed by atoms with van der Waals surface area (Å²) in [6, 6.07) is 7.34. The van der Waals surface area contributed by atoms with Crippen LogP contribution in [0.15, 0.2) is 53.8 Å². The van der Waals surface area contributed by atoms with Gasteiger partial charge in [-0.25, -0.2) is 27.9 Å². The largest absolute Gasteiger partial charge is 0.416 e. The van der Waals surface area contributed by atoms with Gasteiger partial charge in [0.2, 0.25) is 0 Å². The maximum atomic E-state index is 13.3. The summed E-state index contributed by atoms with van der Waals surface area (Å²) in [6.45, 7) is -1.46. The average Bonchev–Trinajstić information content (AvgIpc) is 3.18. The summed E-state index contributed by atoms with van der Waals surface area (Å²) in [5.74, 6) is -5.06. The third-order valence-electron chi connectivity index (χ3n) is 6.30. The van der Waals surface area contributed by atoms with E-state index >= 15 is 0 Å². The molecule has 5 rings (SSSR count). The summed E-state index contributed by atoms with van der Waals surface area (Å²) in [7, 11) is 0. The second kappa shape index (κ2) is 10.2. The number of alkyl halides is 5. The van der Waals surface area contributed by atoms with Gasteiger partial charge in [-0.1, -0.05) is 11.6 Å². The fourth-order valence-electron chi connectivity index (χ4n) is 4.06. The van der Waals surface area contributed by atoms with Crippen molar-refractivity contribution in [2.24, 2.45) is 5.92 Å². The van der Waals surface area contributed by atoms with Gasteiger partial charge in [0.05, 0.1) is 24.3 Å². The number of hydrogen-bond acceptors (Lipinski definition) is 7. The molecule has 1 unspecified atom stereocenters. The van der Waals surface area contributed by atoms with E-state index in [2.05, 4.69) is 20.2 Å². The standard InChI is InChI=1S/C24H19ClF5N7O3/c25-15-3-1-13(2-4-15)21-34-36(22(40)35(21)10-19(39)24(28,29)30)11-20-32-12-37(33-20)17-9-31-6-5-14(17)7-18(38)16-8-23(16,26)27/h1-6,9,12,16,19,39H,7-8,10-11H2/t16?,19-/m0/s1. The van der Waals surface area contributed by atoms with Crippen molar-refractivity contribution in [3.63, 3.8) is 0 Å². The lowest BCUT2D eigenvalue weighted by molar-refractivity contribution is -0.207. The highest BCUT2D eigenvalue weighted by molar-refractivity contribution is 6.30. The first-order valence-corrected chi connectivity index (χ1v) is 12.1. The molecule has 16 heteroatoms. The lowest BCUT2D eigenvalue weighted by Gasteiger charge is -2.15. The summed E-state index contributed by atoms with van der Waals surface area (Å²) in [5, 5.41) is 18.4. The van der Waals surface area contributed by atoms with Gasteiger partial charge < -0.3 is 5.11 Å². The molecule has 0 amide bonds. The Morgan fingerprint density at radius 3 is 2.52 bits per heavy atom. The zero-order chi connectivity index (χ0) is 28.8. The number of halogens is 6. The van der Waals surface area contributed by atoms with Gasteiger partial charge in [0, 0.05) is 29.6 Å². The summed E-state index contributed by atoms with van der Waals surface area (Å²) in [5.41, 5.74) is 0.000000483. The van der Waals surface area contributed by atoms with Crippen molar-refractivity contribution >= 4 is 17.4 Å². The number of rotatable bonds is 9. The maximum Gasteiger partial charge on any atom is 0.416 e. The molecule has 0 aliphatic heterocycles. The monoisotopic (exact) mass is 583 g/mol. The molecule has 3 aromatic heterocycles. The normalized spacial score (nSPS) is 17.1. The third kappa shape index (κ3) is 5.65. The van der Waals surface area contributed by atoms with Gasteiger partial charge in [-0.05, 0) is 35.9 Å². The Labute approximate surface area is 226 Å². The molecule has 2 atom stereocenters. The number of aliphatic hydroxyl groups is 1. The van der Waals surface area contributed by atoms with Crippen molar-refractivity contribution in [3.8, 4) is 17.1 Å². The molecule has 0 radical (unpaired) electrons. The van der Waals surface area contributed by atoms with Crippen LogP contribution < -0.4 is 5.69 Å². The number of benzene rings is 1. The van der Waals surface area contributed by atoms with Crippen LogP contribution in [0, 0.1) is 5.92 Å². The minimum Gasteiger partial charge on any atom is -0.382 e. The number of Topliss-reactive ketones (excluding diaryl/α,β-unsaturated/α-hetero) is 1. The lowest BCUT2D eigenvalue weighted by Crippen LogP contribution is -2.37. The van der Waals surface area contributed by atoms with Crippen LogP contribution in [0.25, 0.3) is 17.1 Å². The highest BCUT2D eigenvalue weighted by Crippen LogP contribution is 2.49. The van der Waals surface area contributed by atoms with Crippen LogP contribution in [-0.2, 0) is 24.3 Å². The SMILES string of the molecule is O=C(Cc1ccncc1-n1cnc(Cn2nc(-c3ccc(Cl)cc3)n(C[C@H](O)C(F)(F)F)c2=O)n1)C1CC1(F)F. The van der Waals surface area contributed by atoms with Crippen LogP contribution in [-0.4, -0.2) is 63.2 Å². The molecule has 3 heterocycles. The second-order valence-electron chi connectivity index (χ2n) is 9.21. The second-order valence-corrected chi connectivity index (χ2v) is 9.65. The van der Waals surface area contributed by atoms with Crippen LogP contribution in [0.1, 0.15) is 17.8 Å². The summed E-state index contributed by atoms with van der Waals surface area (Å²) >= 11 is 5.89. The predicted octanol–water partition coefficient (Wildman–Crippen LogP) is 3.08. The van der Waals surface area contributed by atoms with Crippen LogP contribution >= 0.6 is 11.6 Å². The van der Waals surface area contributed by atoms with Crippen molar-refractivity contribution in [1.82, 2.24) is 34.1 Å². The van der Waals surface area contributed by atoms with Crippen LogP contribution in [0.4, 0.5) is 22.0 Å². The van der Waals surface area contributed by atoms with E-state index in [1.54, 1.807) is 0 Å². The molecule has 4 aromatic rings. The van der Waals surface area contributed by atoms with Crippen molar-refractivity contribution in [2.75, 3.05) is 0 Å². The predicted molar refractivity (Wildman–Crippen MR) is 129 cm³/mol. The summed E-state index contributed by atoms with van der Waals surface area (Å²) in [6.07, 6.45) is -4.55. The van der Waals surface area contributed by atoms with E-state index in [1.165, 1.54) is 53.7 Å². The number of hydrogen-bond donors (Lipinski definition) is 1. The Morgan fingerprint density at radius 2 is 1.88 bits per heavy atom. The molecule has 1 N–H and O–H groups in total. The van der Waals surface area contributed by atoms with Crippen molar-refractivity contribution in [3.05, 3.63) is 75.9 Å². The van der Waals surface area contributed by atoms with E-state index in [9.17, 15) is 36.6 Å². The molecule has 1 fully saturated rings. The third-order valence-corrected chi connectivity index (χ3v) is 6.55. The molecule has 1 aromatic carbocycles. The molecule has 0 saturated heterocycles. The van der Waals surface area contributed by atoms with Gasteiger partial charge in [-0.2, -0.15) is 13.2 Å². The summed E-state index contributed by atoms with van der Waals surface area (Å²) in [4.78, 5) is 33.4. The number of nitrogens with zero attached hydrogens (tertiary/aromatic N) is 7. The quantitative estimate of drug-likeness (QED) is 0.301. The van der Waals surface area contributed by atoms with E-state index < -0.39 is 48.6 Å². The molecule has 1 aliphatic rings. The number of aromatic nitrogens is 7. The Bertz CT molecular complexity index is 1610. The molecule has 1 aliphatic carbocycles. The first-order chi connectivity index (χ1) is 18.8. The number of pyridine rings is 1. The van der Waals surface area contributed by atoms with Crippen molar-refractivity contribution in [1.29, 1.82) is 0 Å². The first kappa shape index (κ1) is 27.6. The van der Waals surface area contributed by atoms with Crippen molar-refractivity contribution in [2.45, 2.75) is 44.1 Å². The molecular weight excluding hydrogens is 565 g/mol. The average molecular weight is 584 g/mol. The van der Waals surface area contributed by atoms with E-state index in [-0.39, 0.29) is 30.2 Å². The number of carbonyl (C=O) groups excluding carboxylic acids is 1. The fraction of sp³-hybridized carbons (Fsp3) is 0.333. The Balaban J connectivity index is 1.43. The van der Waals surface area contributed by atoms with Crippen LogP contribution in [0.2, 0.25) is 5.02 Å². The van der Waals surface area contributed by atoms with Gasteiger partial charge in [-0.15, -0.1) is 10.2 Å².